The van der Waals surface area contributed by atoms with E-state index in [-0.39, 0.29) is 11.3 Å². The van der Waals surface area contributed by atoms with E-state index in [1.54, 1.807) is 12.1 Å². The number of aryl methyl sites for hydroxylation is 3. The molecule has 4 aromatic rings. The molecule has 0 heterocycles. The zero-order chi connectivity index (χ0) is 27.0. The minimum Gasteiger partial charge on any atom is -0.406 e. The molecule has 0 aromatic heterocycles. The highest BCUT2D eigenvalue weighted by Crippen LogP contribution is 2.24. The topological polar surface area (TPSA) is 9.23 Å². The third-order valence-corrected chi connectivity index (χ3v) is 6.49. The molecule has 4 rings (SSSR count). The molecule has 0 bridgehead atoms. The summed E-state index contributed by atoms with van der Waals surface area (Å²) in [6.07, 6.45) is 3.23. The summed E-state index contributed by atoms with van der Waals surface area (Å²) in [5.74, 6) is 4.85. The SMILES string of the molecule is CCCCCCc1ccc(CCc2ccc3c(F)c(C#Cc4ccc(OC(F)(F)F)cc4)ccc3c2)cc1. The summed E-state index contributed by atoms with van der Waals surface area (Å²) in [7, 11) is 0. The van der Waals surface area contributed by atoms with Crippen molar-refractivity contribution in [3.63, 3.8) is 0 Å². The summed E-state index contributed by atoms with van der Waals surface area (Å²) in [6, 6.07) is 23.3. The zero-order valence-electron chi connectivity index (χ0n) is 21.4. The maximum Gasteiger partial charge on any atom is 0.573 e. The van der Waals surface area contributed by atoms with Crippen LogP contribution in [0.2, 0.25) is 0 Å². The molecule has 4 aromatic carbocycles. The number of alkyl halides is 3. The molecule has 0 aliphatic carbocycles. The molecule has 1 nitrogen and oxygen atoms in total. The minimum atomic E-state index is -4.75. The molecule has 0 unspecified atom stereocenters. The van der Waals surface area contributed by atoms with Crippen molar-refractivity contribution in [2.24, 2.45) is 0 Å². The lowest BCUT2D eigenvalue weighted by Gasteiger charge is -2.08. The second kappa shape index (κ2) is 12.6. The van der Waals surface area contributed by atoms with Crippen molar-refractivity contribution in [1.82, 2.24) is 0 Å². The summed E-state index contributed by atoms with van der Waals surface area (Å²) in [6.45, 7) is 2.22. The van der Waals surface area contributed by atoms with Gasteiger partial charge in [0.05, 0.1) is 5.56 Å². The number of halogens is 4. The molecule has 0 radical (unpaired) electrons. The van der Waals surface area contributed by atoms with Crippen LogP contribution >= 0.6 is 0 Å². The lowest BCUT2D eigenvalue weighted by atomic mass is 9.98. The monoisotopic (exact) mass is 518 g/mol. The van der Waals surface area contributed by atoms with Crippen molar-refractivity contribution >= 4 is 10.8 Å². The van der Waals surface area contributed by atoms with E-state index < -0.39 is 12.2 Å². The normalized spacial score (nSPS) is 11.3. The van der Waals surface area contributed by atoms with E-state index in [1.165, 1.54) is 61.1 Å². The quantitative estimate of drug-likeness (QED) is 0.122. The fourth-order valence-corrected chi connectivity index (χ4v) is 4.39. The maximum atomic E-state index is 15.1. The van der Waals surface area contributed by atoms with E-state index in [4.69, 9.17) is 0 Å². The van der Waals surface area contributed by atoms with Gasteiger partial charge in [-0.1, -0.05) is 86.6 Å². The second-order valence-corrected chi connectivity index (χ2v) is 9.43. The average Bonchev–Trinajstić information content (AvgIpc) is 2.90. The van der Waals surface area contributed by atoms with Crippen LogP contribution in [-0.4, -0.2) is 6.36 Å². The van der Waals surface area contributed by atoms with E-state index in [0.717, 1.165) is 30.2 Å². The summed E-state index contributed by atoms with van der Waals surface area (Å²) in [5, 5.41) is 1.29. The minimum absolute atomic E-state index is 0.232. The van der Waals surface area contributed by atoms with Crippen molar-refractivity contribution in [1.29, 1.82) is 0 Å². The molecule has 0 fully saturated rings. The number of unbranched alkanes of at least 4 members (excludes halogenated alkanes) is 3. The van der Waals surface area contributed by atoms with Gasteiger partial charge in [0.15, 0.2) is 0 Å². The molecule has 5 heteroatoms. The Balaban J connectivity index is 1.38. The first-order valence-electron chi connectivity index (χ1n) is 13.0. The predicted octanol–water partition coefficient (Wildman–Crippen LogP) is 9.19. The van der Waals surface area contributed by atoms with Crippen molar-refractivity contribution in [2.75, 3.05) is 0 Å². The number of hydrogen-bond donors (Lipinski definition) is 0. The van der Waals surface area contributed by atoms with E-state index in [2.05, 4.69) is 47.8 Å². The first-order valence-corrected chi connectivity index (χ1v) is 13.0. The van der Waals surface area contributed by atoms with E-state index in [9.17, 15) is 13.2 Å². The fourth-order valence-electron chi connectivity index (χ4n) is 4.39. The maximum absolute atomic E-state index is 15.1. The highest BCUT2D eigenvalue weighted by molar-refractivity contribution is 5.85. The van der Waals surface area contributed by atoms with Crippen LogP contribution in [0.4, 0.5) is 17.6 Å². The van der Waals surface area contributed by atoms with Crippen LogP contribution in [0.3, 0.4) is 0 Å². The summed E-state index contributed by atoms with van der Waals surface area (Å²) in [5.41, 5.74) is 4.50. The van der Waals surface area contributed by atoms with Crippen LogP contribution < -0.4 is 4.74 Å². The highest BCUT2D eigenvalue weighted by atomic mass is 19.4. The summed E-state index contributed by atoms with van der Waals surface area (Å²) >= 11 is 0. The van der Waals surface area contributed by atoms with Gasteiger partial charge in [0.1, 0.15) is 11.6 Å². The van der Waals surface area contributed by atoms with Gasteiger partial charge < -0.3 is 4.74 Å². The molecule has 0 N–H and O–H groups in total. The van der Waals surface area contributed by atoms with Gasteiger partial charge >= 0.3 is 6.36 Å². The van der Waals surface area contributed by atoms with Gasteiger partial charge in [0.25, 0.3) is 0 Å². The Hall–Kier alpha value is -3.78. The molecule has 0 amide bonds. The van der Waals surface area contributed by atoms with Crippen molar-refractivity contribution < 1.29 is 22.3 Å². The third-order valence-electron chi connectivity index (χ3n) is 6.49. The van der Waals surface area contributed by atoms with Gasteiger partial charge in [-0.15, -0.1) is 13.2 Å². The molecular formula is C33H30F4O. The molecule has 0 spiro atoms. The average molecular weight is 519 g/mol. The van der Waals surface area contributed by atoms with Crippen LogP contribution in [-0.2, 0) is 19.3 Å². The standard InChI is InChI=1S/C33H30F4O/c1-2-3-4-5-6-24-7-9-25(10-8-24)11-12-27-16-22-31-29(23-27)19-18-28(32(31)34)17-13-26-14-20-30(21-15-26)38-33(35,36)37/h7-10,14-16,18-23H,2-6,11-12H2,1H3. The van der Waals surface area contributed by atoms with Crippen molar-refractivity contribution in [3.8, 4) is 17.6 Å². The van der Waals surface area contributed by atoms with Crippen LogP contribution in [0.5, 0.6) is 5.75 Å². The molecule has 0 saturated carbocycles. The van der Waals surface area contributed by atoms with Gasteiger partial charge in [0.2, 0.25) is 0 Å². The number of fused-ring (bicyclic) bond motifs is 1. The molecular weight excluding hydrogens is 488 g/mol. The first kappa shape index (κ1) is 27.3. The van der Waals surface area contributed by atoms with Gasteiger partial charge in [-0.25, -0.2) is 4.39 Å². The van der Waals surface area contributed by atoms with Gasteiger partial charge in [-0.05, 0) is 78.1 Å². The van der Waals surface area contributed by atoms with Crippen LogP contribution in [0.15, 0.2) is 78.9 Å². The van der Waals surface area contributed by atoms with Gasteiger partial charge in [-0.3, -0.25) is 0 Å². The Morgan fingerprint density at radius 1 is 0.684 bits per heavy atom. The molecule has 196 valence electrons. The Bertz CT molecular complexity index is 1410. The Morgan fingerprint density at radius 3 is 2.03 bits per heavy atom. The highest BCUT2D eigenvalue weighted by Gasteiger charge is 2.30. The number of rotatable bonds is 9. The van der Waals surface area contributed by atoms with Crippen molar-refractivity contribution in [2.45, 2.75) is 58.2 Å². The molecule has 0 aliphatic rings. The van der Waals surface area contributed by atoms with E-state index in [0.29, 0.717) is 10.9 Å². The molecule has 0 aliphatic heterocycles. The zero-order valence-corrected chi connectivity index (χ0v) is 21.4. The van der Waals surface area contributed by atoms with Crippen LogP contribution in [0, 0.1) is 17.7 Å². The number of hydrogen-bond acceptors (Lipinski definition) is 1. The number of ether oxygens (including phenoxy) is 1. The van der Waals surface area contributed by atoms with Crippen LogP contribution in [0.25, 0.3) is 10.8 Å². The Kier molecular flexibility index (Phi) is 9.07. The first-order chi connectivity index (χ1) is 18.3. The predicted molar refractivity (Wildman–Crippen MR) is 145 cm³/mol. The number of benzene rings is 4. The molecule has 0 atom stereocenters. The molecule has 38 heavy (non-hydrogen) atoms. The van der Waals surface area contributed by atoms with E-state index >= 15 is 4.39 Å². The fraction of sp³-hybridized carbons (Fsp3) is 0.273. The Labute approximate surface area is 221 Å². The van der Waals surface area contributed by atoms with E-state index in [1.807, 2.05) is 18.2 Å². The van der Waals surface area contributed by atoms with Gasteiger partial charge in [-0.2, -0.15) is 0 Å². The smallest absolute Gasteiger partial charge is 0.406 e. The molecule has 0 saturated heterocycles. The van der Waals surface area contributed by atoms with Crippen LogP contribution in [0.1, 0.15) is 60.4 Å². The second-order valence-electron chi connectivity index (χ2n) is 9.43. The lowest BCUT2D eigenvalue weighted by molar-refractivity contribution is -0.274. The lowest BCUT2D eigenvalue weighted by Crippen LogP contribution is -2.16. The summed E-state index contributed by atoms with van der Waals surface area (Å²) in [4.78, 5) is 0. The third kappa shape index (κ3) is 7.86. The van der Waals surface area contributed by atoms with Crippen molar-refractivity contribution in [3.05, 3.63) is 112 Å². The largest absolute Gasteiger partial charge is 0.573 e. The van der Waals surface area contributed by atoms with Gasteiger partial charge in [0, 0.05) is 10.9 Å². The summed E-state index contributed by atoms with van der Waals surface area (Å²) < 4.78 is 55.9. The Morgan fingerprint density at radius 2 is 1.34 bits per heavy atom.